The molecule has 2 aromatic carbocycles. The van der Waals surface area contributed by atoms with Gasteiger partial charge in [0.05, 0.1) is 19.2 Å². The SMILES string of the molecule is COc1ccc(NC(=O)[C@H](c2ccccc2)[NH+](C)Cc2ccsc2)cc1Cl. The molecule has 1 unspecified atom stereocenters. The molecule has 0 bridgehead atoms. The molecular formula is C21H22ClN2O2S+. The molecule has 0 saturated carbocycles. The molecule has 0 aliphatic carbocycles. The maximum Gasteiger partial charge on any atom is 0.287 e. The minimum Gasteiger partial charge on any atom is -0.495 e. The molecule has 0 aliphatic heterocycles. The van der Waals surface area contributed by atoms with Crippen LogP contribution in [0, 0.1) is 0 Å². The van der Waals surface area contributed by atoms with Gasteiger partial charge in [0, 0.05) is 16.8 Å². The standard InChI is InChI=1S/C21H21ClN2O2S/c1-24(13-15-10-11-27-14-15)20(16-6-4-3-5-7-16)21(25)23-17-8-9-19(26-2)18(22)12-17/h3-12,14,20H,13H2,1-2H3,(H,23,25)/p+1/t20-/m0/s1. The summed E-state index contributed by atoms with van der Waals surface area (Å²) in [5, 5.41) is 7.63. The second kappa shape index (κ2) is 9.04. The Morgan fingerprint density at radius 3 is 2.63 bits per heavy atom. The first-order valence-corrected chi connectivity index (χ1v) is 9.93. The molecular weight excluding hydrogens is 380 g/mol. The Balaban J connectivity index is 1.83. The highest BCUT2D eigenvalue weighted by molar-refractivity contribution is 7.07. The monoisotopic (exact) mass is 401 g/mol. The van der Waals surface area contributed by atoms with E-state index in [1.165, 1.54) is 5.56 Å². The lowest BCUT2D eigenvalue weighted by Gasteiger charge is -2.24. The Kier molecular flexibility index (Phi) is 6.50. The first-order chi connectivity index (χ1) is 13.1. The number of ether oxygens (including phenoxy) is 1. The number of carbonyl (C=O) groups excluding carboxylic acids is 1. The zero-order chi connectivity index (χ0) is 19.2. The molecule has 3 rings (SSSR count). The zero-order valence-electron chi connectivity index (χ0n) is 15.2. The normalized spacial score (nSPS) is 13.0. The van der Waals surface area contributed by atoms with Crippen molar-refractivity contribution in [1.82, 2.24) is 0 Å². The highest BCUT2D eigenvalue weighted by Gasteiger charge is 2.29. The van der Waals surface area contributed by atoms with E-state index in [9.17, 15) is 4.79 Å². The number of nitrogens with one attached hydrogen (secondary N) is 2. The average Bonchev–Trinajstić information content (AvgIpc) is 3.16. The second-order valence-electron chi connectivity index (χ2n) is 6.34. The number of hydrogen-bond acceptors (Lipinski definition) is 3. The van der Waals surface area contributed by atoms with E-state index < -0.39 is 0 Å². The van der Waals surface area contributed by atoms with E-state index in [4.69, 9.17) is 16.3 Å². The highest BCUT2D eigenvalue weighted by Crippen LogP contribution is 2.27. The number of likely N-dealkylation sites (N-methyl/N-ethyl adjacent to an activating group) is 1. The first-order valence-electron chi connectivity index (χ1n) is 8.61. The summed E-state index contributed by atoms with van der Waals surface area (Å²) in [7, 11) is 3.60. The van der Waals surface area contributed by atoms with Gasteiger partial charge in [-0.2, -0.15) is 11.3 Å². The van der Waals surface area contributed by atoms with Crippen molar-refractivity contribution in [3.8, 4) is 5.75 Å². The van der Waals surface area contributed by atoms with E-state index in [1.54, 1.807) is 36.6 Å². The van der Waals surface area contributed by atoms with Crippen LogP contribution in [0.2, 0.25) is 5.02 Å². The predicted octanol–water partition coefficient (Wildman–Crippen LogP) is 3.80. The molecule has 0 aliphatic rings. The van der Waals surface area contributed by atoms with Gasteiger partial charge < -0.3 is 15.0 Å². The smallest absolute Gasteiger partial charge is 0.287 e. The molecule has 0 spiro atoms. The first kappa shape index (κ1) is 19.4. The van der Waals surface area contributed by atoms with E-state index in [0.717, 1.165) is 17.0 Å². The fourth-order valence-corrected chi connectivity index (χ4v) is 4.01. The molecule has 140 valence electrons. The number of amides is 1. The summed E-state index contributed by atoms with van der Waals surface area (Å²) in [5.74, 6) is 0.504. The van der Waals surface area contributed by atoms with Crippen molar-refractivity contribution < 1.29 is 14.4 Å². The Morgan fingerprint density at radius 1 is 1.22 bits per heavy atom. The van der Waals surface area contributed by atoms with Crippen LogP contribution in [-0.4, -0.2) is 20.1 Å². The van der Waals surface area contributed by atoms with Gasteiger partial charge in [0.1, 0.15) is 12.3 Å². The van der Waals surface area contributed by atoms with Crippen molar-refractivity contribution in [1.29, 1.82) is 0 Å². The van der Waals surface area contributed by atoms with Crippen LogP contribution >= 0.6 is 22.9 Å². The van der Waals surface area contributed by atoms with Gasteiger partial charge in [-0.05, 0) is 35.0 Å². The Morgan fingerprint density at radius 2 is 2.00 bits per heavy atom. The topological polar surface area (TPSA) is 42.8 Å². The minimum absolute atomic E-state index is 0.0739. The number of thiophene rings is 1. The van der Waals surface area contributed by atoms with Crippen LogP contribution in [-0.2, 0) is 11.3 Å². The fourth-order valence-electron chi connectivity index (χ4n) is 3.08. The molecule has 4 nitrogen and oxygen atoms in total. The largest absolute Gasteiger partial charge is 0.495 e. The third-order valence-corrected chi connectivity index (χ3v) is 5.40. The Labute approximate surface area is 168 Å². The summed E-state index contributed by atoms with van der Waals surface area (Å²) in [6, 6.07) is 16.8. The number of benzene rings is 2. The molecule has 0 fully saturated rings. The van der Waals surface area contributed by atoms with Gasteiger partial charge in [0.2, 0.25) is 0 Å². The molecule has 0 radical (unpaired) electrons. The van der Waals surface area contributed by atoms with Gasteiger partial charge in [0.15, 0.2) is 6.04 Å². The van der Waals surface area contributed by atoms with E-state index >= 15 is 0 Å². The molecule has 1 heterocycles. The van der Waals surface area contributed by atoms with Crippen LogP contribution in [0.25, 0.3) is 0 Å². The van der Waals surface area contributed by atoms with Gasteiger partial charge in [-0.25, -0.2) is 0 Å². The molecule has 1 amide bonds. The second-order valence-corrected chi connectivity index (χ2v) is 7.52. The number of methoxy groups -OCH3 is 1. The average molecular weight is 402 g/mol. The summed E-state index contributed by atoms with van der Waals surface area (Å²) >= 11 is 7.85. The van der Waals surface area contributed by atoms with E-state index in [1.807, 2.05) is 37.4 Å². The molecule has 27 heavy (non-hydrogen) atoms. The lowest BCUT2D eigenvalue weighted by Crippen LogP contribution is -3.09. The van der Waals surface area contributed by atoms with Crippen molar-refractivity contribution >= 4 is 34.5 Å². The lowest BCUT2D eigenvalue weighted by molar-refractivity contribution is -0.915. The van der Waals surface area contributed by atoms with Crippen molar-refractivity contribution in [2.24, 2.45) is 0 Å². The lowest BCUT2D eigenvalue weighted by atomic mass is 10.0. The van der Waals surface area contributed by atoms with Crippen LogP contribution in [0.5, 0.6) is 5.75 Å². The summed E-state index contributed by atoms with van der Waals surface area (Å²) < 4.78 is 5.17. The Hall–Kier alpha value is -2.34. The van der Waals surface area contributed by atoms with Crippen LogP contribution in [0.1, 0.15) is 17.2 Å². The van der Waals surface area contributed by atoms with Crippen LogP contribution in [0.4, 0.5) is 5.69 Å². The number of hydrogen-bond donors (Lipinski definition) is 2. The maximum atomic E-state index is 13.1. The quantitative estimate of drug-likeness (QED) is 0.632. The van der Waals surface area contributed by atoms with Crippen molar-refractivity contribution in [2.75, 3.05) is 19.5 Å². The number of anilines is 1. The molecule has 1 aromatic heterocycles. The van der Waals surface area contributed by atoms with Crippen molar-refractivity contribution in [3.63, 3.8) is 0 Å². The van der Waals surface area contributed by atoms with Gasteiger partial charge >= 0.3 is 0 Å². The molecule has 2 atom stereocenters. The van der Waals surface area contributed by atoms with Gasteiger partial charge in [0.25, 0.3) is 5.91 Å². The third kappa shape index (κ3) is 4.89. The van der Waals surface area contributed by atoms with Crippen LogP contribution in [0.15, 0.2) is 65.4 Å². The van der Waals surface area contributed by atoms with Gasteiger partial charge in [-0.15, -0.1) is 0 Å². The highest BCUT2D eigenvalue weighted by atomic mass is 35.5. The third-order valence-electron chi connectivity index (χ3n) is 4.37. The fraction of sp³-hybridized carbons (Fsp3) is 0.190. The van der Waals surface area contributed by atoms with Crippen molar-refractivity contribution in [3.05, 3.63) is 81.5 Å². The summed E-state index contributed by atoms with van der Waals surface area (Å²) in [6.45, 7) is 0.764. The van der Waals surface area contributed by atoms with E-state index in [0.29, 0.717) is 16.5 Å². The van der Waals surface area contributed by atoms with Crippen LogP contribution in [0.3, 0.4) is 0 Å². The van der Waals surface area contributed by atoms with Crippen LogP contribution < -0.4 is 15.0 Å². The molecule has 6 heteroatoms. The number of carbonyl (C=O) groups is 1. The Bertz CT molecular complexity index is 884. The summed E-state index contributed by atoms with van der Waals surface area (Å²) in [5.41, 5.74) is 2.84. The van der Waals surface area contributed by atoms with Gasteiger partial charge in [-0.1, -0.05) is 41.9 Å². The summed E-state index contributed by atoms with van der Waals surface area (Å²) in [4.78, 5) is 14.2. The van der Waals surface area contributed by atoms with Gasteiger partial charge in [-0.3, -0.25) is 4.79 Å². The molecule has 2 N–H and O–H groups in total. The number of halogens is 1. The predicted molar refractivity (Wildman–Crippen MR) is 111 cm³/mol. The maximum absolute atomic E-state index is 13.1. The summed E-state index contributed by atoms with van der Waals surface area (Å²) in [6.07, 6.45) is 0. The van der Waals surface area contributed by atoms with Crippen molar-refractivity contribution in [2.45, 2.75) is 12.6 Å². The molecule has 0 saturated heterocycles. The van der Waals surface area contributed by atoms with E-state index in [2.05, 4.69) is 22.1 Å². The zero-order valence-corrected chi connectivity index (χ0v) is 16.8. The number of quaternary nitrogens is 1. The number of rotatable bonds is 7. The molecule has 3 aromatic rings. The minimum atomic E-state index is -0.341. The van der Waals surface area contributed by atoms with E-state index in [-0.39, 0.29) is 11.9 Å².